The van der Waals surface area contributed by atoms with Gasteiger partial charge in [0.05, 0.1) is 5.92 Å². The molecule has 0 radical (unpaired) electrons. The molecule has 3 nitrogen and oxygen atoms in total. The molecule has 1 atom stereocenters. The first-order valence-corrected chi connectivity index (χ1v) is 5.14. The maximum atomic E-state index is 13.1. The van der Waals surface area contributed by atoms with Crippen LogP contribution in [-0.2, 0) is 0 Å². The van der Waals surface area contributed by atoms with E-state index in [4.69, 9.17) is 5.73 Å². The summed E-state index contributed by atoms with van der Waals surface area (Å²) in [5.41, 5.74) is 6.20. The van der Waals surface area contributed by atoms with Gasteiger partial charge in [0.15, 0.2) is 11.6 Å². The SMILES string of the molecule is NCC(c1ccc(F)c(F)c1)c1ncccn1. The molecule has 88 valence electrons. The van der Waals surface area contributed by atoms with Gasteiger partial charge >= 0.3 is 0 Å². The maximum absolute atomic E-state index is 13.1. The topological polar surface area (TPSA) is 51.8 Å². The Morgan fingerprint density at radius 2 is 1.82 bits per heavy atom. The van der Waals surface area contributed by atoms with Crippen LogP contribution < -0.4 is 5.73 Å². The second-order valence-corrected chi connectivity index (χ2v) is 3.57. The van der Waals surface area contributed by atoms with Crippen molar-refractivity contribution in [2.45, 2.75) is 5.92 Å². The fourth-order valence-corrected chi connectivity index (χ4v) is 1.61. The lowest BCUT2D eigenvalue weighted by Gasteiger charge is -2.13. The van der Waals surface area contributed by atoms with Gasteiger partial charge < -0.3 is 5.73 Å². The summed E-state index contributed by atoms with van der Waals surface area (Å²) in [6.45, 7) is 0.231. The van der Waals surface area contributed by atoms with Gasteiger partial charge in [0.25, 0.3) is 0 Å². The third-order valence-electron chi connectivity index (χ3n) is 2.48. The molecule has 0 saturated heterocycles. The van der Waals surface area contributed by atoms with Crippen molar-refractivity contribution in [3.05, 3.63) is 59.7 Å². The lowest BCUT2D eigenvalue weighted by molar-refractivity contribution is 0.506. The number of nitrogens with two attached hydrogens (primary N) is 1. The van der Waals surface area contributed by atoms with Gasteiger partial charge in [-0.05, 0) is 23.8 Å². The molecular formula is C12H11F2N3. The highest BCUT2D eigenvalue weighted by Crippen LogP contribution is 2.21. The summed E-state index contributed by atoms with van der Waals surface area (Å²) in [5, 5.41) is 0. The van der Waals surface area contributed by atoms with Gasteiger partial charge in [0.2, 0.25) is 0 Å². The standard InChI is InChI=1S/C12H11F2N3/c13-10-3-2-8(6-11(10)14)9(7-15)12-16-4-1-5-17-12/h1-6,9H,7,15H2. The molecule has 0 aliphatic rings. The number of nitrogens with zero attached hydrogens (tertiary/aromatic N) is 2. The summed E-state index contributed by atoms with van der Waals surface area (Å²) in [6, 6.07) is 5.38. The molecule has 0 aliphatic heterocycles. The van der Waals surface area contributed by atoms with Crippen LogP contribution in [0.3, 0.4) is 0 Å². The Bertz CT molecular complexity index is 502. The van der Waals surface area contributed by atoms with Crippen LogP contribution in [0.5, 0.6) is 0 Å². The third kappa shape index (κ3) is 2.45. The molecule has 1 aromatic heterocycles. The molecule has 5 heteroatoms. The molecule has 2 aromatic rings. The average Bonchev–Trinajstić information content (AvgIpc) is 2.36. The Morgan fingerprint density at radius 3 is 2.41 bits per heavy atom. The van der Waals surface area contributed by atoms with Crippen LogP contribution in [0.2, 0.25) is 0 Å². The van der Waals surface area contributed by atoms with Crippen LogP contribution in [0.1, 0.15) is 17.3 Å². The zero-order chi connectivity index (χ0) is 12.3. The predicted molar refractivity (Wildman–Crippen MR) is 59.3 cm³/mol. The first-order chi connectivity index (χ1) is 8.22. The highest BCUT2D eigenvalue weighted by molar-refractivity contribution is 5.27. The van der Waals surface area contributed by atoms with Gasteiger partial charge in [-0.15, -0.1) is 0 Å². The summed E-state index contributed by atoms with van der Waals surface area (Å²) < 4.78 is 26.0. The van der Waals surface area contributed by atoms with Gasteiger partial charge in [-0.3, -0.25) is 0 Å². The van der Waals surface area contributed by atoms with Gasteiger partial charge in [-0.1, -0.05) is 6.07 Å². The fourth-order valence-electron chi connectivity index (χ4n) is 1.61. The van der Waals surface area contributed by atoms with E-state index in [1.54, 1.807) is 18.5 Å². The van der Waals surface area contributed by atoms with E-state index in [1.807, 2.05) is 0 Å². The lowest BCUT2D eigenvalue weighted by atomic mass is 9.98. The molecule has 0 amide bonds. The fraction of sp³-hybridized carbons (Fsp3) is 0.167. The van der Waals surface area contributed by atoms with Crippen molar-refractivity contribution in [3.8, 4) is 0 Å². The molecule has 0 bridgehead atoms. The Kier molecular flexibility index (Phi) is 3.39. The molecule has 1 heterocycles. The van der Waals surface area contributed by atoms with Crippen LogP contribution in [0.15, 0.2) is 36.7 Å². The minimum Gasteiger partial charge on any atom is -0.329 e. The summed E-state index contributed by atoms with van der Waals surface area (Å²) in [6.07, 6.45) is 3.18. The molecule has 0 aliphatic carbocycles. The summed E-state index contributed by atoms with van der Waals surface area (Å²) in [4.78, 5) is 8.14. The molecule has 17 heavy (non-hydrogen) atoms. The van der Waals surface area contributed by atoms with Crippen LogP contribution >= 0.6 is 0 Å². The molecule has 0 fully saturated rings. The van der Waals surface area contributed by atoms with E-state index < -0.39 is 11.6 Å². The summed E-state index contributed by atoms with van der Waals surface area (Å²) >= 11 is 0. The van der Waals surface area contributed by atoms with E-state index in [0.29, 0.717) is 11.4 Å². The van der Waals surface area contributed by atoms with Crippen molar-refractivity contribution in [2.75, 3.05) is 6.54 Å². The number of rotatable bonds is 3. The number of aromatic nitrogens is 2. The minimum absolute atomic E-state index is 0.231. The molecule has 1 unspecified atom stereocenters. The smallest absolute Gasteiger partial charge is 0.159 e. The Balaban J connectivity index is 2.39. The zero-order valence-corrected chi connectivity index (χ0v) is 8.98. The third-order valence-corrected chi connectivity index (χ3v) is 2.48. The Hall–Kier alpha value is -1.88. The van der Waals surface area contributed by atoms with Gasteiger partial charge in [0, 0.05) is 18.9 Å². The van der Waals surface area contributed by atoms with E-state index in [1.165, 1.54) is 6.07 Å². The van der Waals surface area contributed by atoms with Gasteiger partial charge in [-0.25, -0.2) is 18.7 Å². The van der Waals surface area contributed by atoms with Crippen molar-refractivity contribution >= 4 is 0 Å². The van der Waals surface area contributed by atoms with Crippen molar-refractivity contribution in [1.29, 1.82) is 0 Å². The molecule has 0 saturated carbocycles. The van der Waals surface area contributed by atoms with Gasteiger partial charge in [0.1, 0.15) is 5.82 Å². The molecular weight excluding hydrogens is 224 g/mol. The Morgan fingerprint density at radius 1 is 1.12 bits per heavy atom. The van der Waals surface area contributed by atoms with E-state index in [0.717, 1.165) is 12.1 Å². The molecule has 2 rings (SSSR count). The average molecular weight is 235 g/mol. The quantitative estimate of drug-likeness (QED) is 0.883. The van der Waals surface area contributed by atoms with Crippen LogP contribution in [0.25, 0.3) is 0 Å². The molecule has 1 aromatic carbocycles. The number of hydrogen-bond donors (Lipinski definition) is 1. The number of hydrogen-bond acceptors (Lipinski definition) is 3. The number of halogens is 2. The van der Waals surface area contributed by atoms with E-state index in [9.17, 15) is 8.78 Å². The zero-order valence-electron chi connectivity index (χ0n) is 8.98. The second-order valence-electron chi connectivity index (χ2n) is 3.57. The summed E-state index contributed by atoms with van der Waals surface area (Å²) in [5.74, 6) is -1.59. The highest BCUT2D eigenvalue weighted by atomic mass is 19.2. The Labute approximate surface area is 97.3 Å². The van der Waals surface area contributed by atoms with Gasteiger partial charge in [-0.2, -0.15) is 0 Å². The first-order valence-electron chi connectivity index (χ1n) is 5.14. The first kappa shape index (κ1) is 11.6. The molecule has 0 spiro atoms. The maximum Gasteiger partial charge on any atom is 0.159 e. The second kappa shape index (κ2) is 4.97. The highest BCUT2D eigenvalue weighted by Gasteiger charge is 2.16. The summed E-state index contributed by atoms with van der Waals surface area (Å²) in [7, 11) is 0. The van der Waals surface area contributed by atoms with E-state index in [2.05, 4.69) is 9.97 Å². The van der Waals surface area contributed by atoms with Crippen molar-refractivity contribution < 1.29 is 8.78 Å². The predicted octanol–water partition coefficient (Wildman–Crippen LogP) is 1.85. The lowest BCUT2D eigenvalue weighted by Crippen LogP contribution is -2.16. The van der Waals surface area contributed by atoms with Crippen LogP contribution in [0.4, 0.5) is 8.78 Å². The number of benzene rings is 1. The normalized spacial score (nSPS) is 12.4. The minimum atomic E-state index is -0.892. The van der Waals surface area contributed by atoms with Crippen molar-refractivity contribution in [2.24, 2.45) is 5.73 Å². The van der Waals surface area contributed by atoms with E-state index >= 15 is 0 Å². The largest absolute Gasteiger partial charge is 0.329 e. The van der Waals surface area contributed by atoms with Crippen LogP contribution in [0, 0.1) is 11.6 Å². The van der Waals surface area contributed by atoms with Crippen LogP contribution in [-0.4, -0.2) is 16.5 Å². The molecule has 2 N–H and O–H groups in total. The van der Waals surface area contributed by atoms with E-state index in [-0.39, 0.29) is 12.5 Å². The monoisotopic (exact) mass is 235 g/mol. The van der Waals surface area contributed by atoms with Crippen molar-refractivity contribution in [1.82, 2.24) is 9.97 Å². The van der Waals surface area contributed by atoms with Crippen molar-refractivity contribution in [3.63, 3.8) is 0 Å².